The fraction of sp³-hybridized carbons (Fsp3) is 0.933. The molecule has 19 heavy (non-hydrogen) atoms. The molecular formula is C15H29N3O. The number of carbonyl (C=O) groups is 1. The lowest BCUT2D eigenvalue weighted by atomic mass is 9.97. The van der Waals surface area contributed by atoms with E-state index in [1.807, 2.05) is 6.92 Å². The van der Waals surface area contributed by atoms with Gasteiger partial charge < -0.3 is 9.80 Å². The Labute approximate surface area is 117 Å². The third-order valence-electron chi connectivity index (χ3n) is 4.85. The lowest BCUT2D eigenvalue weighted by Crippen LogP contribution is -2.49. The maximum absolute atomic E-state index is 12.6. The number of hydrogen-bond acceptors (Lipinski definition) is 3. The van der Waals surface area contributed by atoms with Crippen LogP contribution in [-0.4, -0.2) is 53.1 Å². The van der Waals surface area contributed by atoms with Crippen LogP contribution in [-0.2, 0) is 4.79 Å². The Kier molecular flexibility index (Phi) is 4.51. The first-order valence-corrected chi connectivity index (χ1v) is 7.84. The van der Waals surface area contributed by atoms with Crippen molar-refractivity contribution in [1.29, 1.82) is 0 Å². The number of carbonyl (C=O) groups excluding carboxylic acids is 1. The third kappa shape index (κ3) is 2.79. The molecule has 2 aliphatic rings. The monoisotopic (exact) mass is 267 g/mol. The molecule has 2 saturated heterocycles. The normalized spacial score (nSPS) is 34.2. The van der Waals surface area contributed by atoms with Crippen molar-refractivity contribution in [2.75, 3.05) is 19.6 Å². The number of hydrogen-bond donors (Lipinski definition) is 1. The molecule has 2 rings (SSSR count). The van der Waals surface area contributed by atoms with Gasteiger partial charge in [0.05, 0.1) is 11.7 Å². The quantitative estimate of drug-likeness (QED) is 0.844. The van der Waals surface area contributed by atoms with E-state index in [1.54, 1.807) is 0 Å². The van der Waals surface area contributed by atoms with Gasteiger partial charge in [0.15, 0.2) is 0 Å². The van der Waals surface area contributed by atoms with Gasteiger partial charge in [-0.2, -0.15) is 0 Å². The fourth-order valence-electron chi connectivity index (χ4n) is 3.53. The molecule has 2 unspecified atom stereocenters. The lowest BCUT2D eigenvalue weighted by molar-refractivity contribution is -0.135. The van der Waals surface area contributed by atoms with Gasteiger partial charge in [0.2, 0.25) is 5.91 Å². The summed E-state index contributed by atoms with van der Waals surface area (Å²) in [4.78, 5) is 17.3. The van der Waals surface area contributed by atoms with E-state index in [-0.39, 0.29) is 11.7 Å². The van der Waals surface area contributed by atoms with E-state index in [2.05, 4.69) is 35.9 Å². The molecule has 0 spiro atoms. The highest BCUT2D eigenvalue weighted by molar-refractivity contribution is 5.88. The Hall–Kier alpha value is -0.610. The van der Waals surface area contributed by atoms with Crippen LogP contribution in [0.2, 0.25) is 0 Å². The average molecular weight is 267 g/mol. The SMILES string of the molecule is CCCN1CCC(N2C(=O)C(C)(CC)NC2C)CC1. The third-order valence-corrected chi connectivity index (χ3v) is 4.85. The van der Waals surface area contributed by atoms with Crippen molar-refractivity contribution in [2.24, 2.45) is 0 Å². The van der Waals surface area contributed by atoms with Crippen LogP contribution in [0.4, 0.5) is 0 Å². The Morgan fingerprint density at radius 2 is 1.95 bits per heavy atom. The van der Waals surface area contributed by atoms with E-state index in [9.17, 15) is 4.79 Å². The Bertz CT molecular complexity index is 325. The smallest absolute Gasteiger partial charge is 0.244 e. The zero-order chi connectivity index (χ0) is 14.0. The van der Waals surface area contributed by atoms with E-state index in [0.717, 1.165) is 32.4 Å². The number of nitrogens with one attached hydrogen (secondary N) is 1. The van der Waals surface area contributed by atoms with Crippen molar-refractivity contribution in [2.45, 2.75) is 71.1 Å². The van der Waals surface area contributed by atoms with Crippen LogP contribution in [0, 0.1) is 0 Å². The van der Waals surface area contributed by atoms with Crippen LogP contribution in [0.1, 0.15) is 53.4 Å². The number of likely N-dealkylation sites (tertiary alicyclic amines) is 1. The molecule has 1 amide bonds. The number of rotatable bonds is 4. The van der Waals surface area contributed by atoms with E-state index in [1.165, 1.54) is 13.0 Å². The summed E-state index contributed by atoms with van der Waals surface area (Å²) < 4.78 is 0. The van der Waals surface area contributed by atoms with Crippen molar-refractivity contribution >= 4 is 5.91 Å². The Balaban J connectivity index is 1.98. The van der Waals surface area contributed by atoms with Gasteiger partial charge in [-0.25, -0.2) is 0 Å². The highest BCUT2D eigenvalue weighted by Crippen LogP contribution is 2.29. The van der Waals surface area contributed by atoms with Gasteiger partial charge in [-0.15, -0.1) is 0 Å². The van der Waals surface area contributed by atoms with Crippen molar-refractivity contribution < 1.29 is 4.79 Å². The van der Waals surface area contributed by atoms with Crippen molar-refractivity contribution in [1.82, 2.24) is 15.1 Å². The predicted octanol–water partition coefficient (Wildman–Crippen LogP) is 1.81. The molecule has 0 aromatic rings. The molecule has 110 valence electrons. The van der Waals surface area contributed by atoms with Crippen LogP contribution in [0.25, 0.3) is 0 Å². The Morgan fingerprint density at radius 3 is 2.42 bits per heavy atom. The first kappa shape index (κ1) is 14.8. The highest BCUT2D eigenvalue weighted by Gasteiger charge is 2.47. The summed E-state index contributed by atoms with van der Waals surface area (Å²) in [5.74, 6) is 0.302. The van der Waals surface area contributed by atoms with Crippen molar-refractivity contribution in [3.8, 4) is 0 Å². The maximum Gasteiger partial charge on any atom is 0.244 e. The fourth-order valence-corrected chi connectivity index (χ4v) is 3.53. The molecule has 2 atom stereocenters. The second-order valence-electron chi connectivity index (χ2n) is 6.29. The summed E-state index contributed by atoms with van der Waals surface area (Å²) in [5, 5.41) is 3.48. The molecule has 0 saturated carbocycles. The van der Waals surface area contributed by atoms with Gasteiger partial charge in [0.1, 0.15) is 0 Å². The van der Waals surface area contributed by atoms with E-state index in [0.29, 0.717) is 11.9 Å². The van der Waals surface area contributed by atoms with Gasteiger partial charge in [0, 0.05) is 19.1 Å². The molecule has 2 aliphatic heterocycles. The average Bonchev–Trinajstić information content (AvgIpc) is 2.63. The van der Waals surface area contributed by atoms with Gasteiger partial charge in [-0.05, 0) is 46.1 Å². The number of nitrogens with zero attached hydrogens (tertiary/aromatic N) is 2. The summed E-state index contributed by atoms with van der Waals surface area (Å²) >= 11 is 0. The van der Waals surface area contributed by atoms with Crippen LogP contribution in [0.5, 0.6) is 0 Å². The zero-order valence-corrected chi connectivity index (χ0v) is 12.9. The van der Waals surface area contributed by atoms with E-state index < -0.39 is 0 Å². The minimum absolute atomic E-state index is 0.181. The molecule has 0 radical (unpaired) electrons. The molecule has 4 nitrogen and oxygen atoms in total. The van der Waals surface area contributed by atoms with Crippen LogP contribution >= 0.6 is 0 Å². The van der Waals surface area contributed by atoms with Crippen LogP contribution in [0.3, 0.4) is 0 Å². The first-order chi connectivity index (χ1) is 9.01. The summed E-state index contributed by atoms with van der Waals surface area (Å²) in [5.41, 5.74) is -0.347. The van der Waals surface area contributed by atoms with Crippen LogP contribution in [0.15, 0.2) is 0 Å². The zero-order valence-electron chi connectivity index (χ0n) is 12.9. The molecule has 0 aromatic carbocycles. The number of amides is 1. The standard InChI is InChI=1S/C15H29N3O/c1-5-9-17-10-7-13(8-11-17)18-12(3)16-15(4,6-2)14(18)19/h12-13,16H,5-11H2,1-4H3. The van der Waals surface area contributed by atoms with E-state index in [4.69, 9.17) is 0 Å². The molecule has 0 aliphatic carbocycles. The predicted molar refractivity (Wildman–Crippen MR) is 77.9 cm³/mol. The van der Waals surface area contributed by atoms with Gasteiger partial charge in [0.25, 0.3) is 0 Å². The van der Waals surface area contributed by atoms with Crippen molar-refractivity contribution in [3.05, 3.63) is 0 Å². The number of piperidine rings is 1. The second kappa shape index (κ2) is 5.80. The topological polar surface area (TPSA) is 35.6 Å². The molecule has 2 heterocycles. The van der Waals surface area contributed by atoms with Gasteiger partial charge in [-0.1, -0.05) is 13.8 Å². The van der Waals surface area contributed by atoms with Crippen molar-refractivity contribution in [3.63, 3.8) is 0 Å². The summed E-state index contributed by atoms with van der Waals surface area (Å²) in [7, 11) is 0. The molecule has 1 N–H and O–H groups in total. The Morgan fingerprint density at radius 1 is 1.32 bits per heavy atom. The summed E-state index contributed by atoms with van der Waals surface area (Å²) in [6, 6.07) is 0.427. The molecule has 0 bridgehead atoms. The second-order valence-corrected chi connectivity index (χ2v) is 6.29. The summed E-state index contributed by atoms with van der Waals surface area (Å²) in [6.45, 7) is 12.0. The first-order valence-electron chi connectivity index (χ1n) is 7.84. The largest absolute Gasteiger partial charge is 0.323 e. The lowest BCUT2D eigenvalue weighted by Gasteiger charge is -2.38. The minimum atomic E-state index is -0.347. The molecular weight excluding hydrogens is 238 g/mol. The van der Waals surface area contributed by atoms with Gasteiger partial charge >= 0.3 is 0 Å². The molecule has 0 aromatic heterocycles. The molecule has 4 heteroatoms. The maximum atomic E-state index is 12.6. The minimum Gasteiger partial charge on any atom is -0.323 e. The van der Waals surface area contributed by atoms with Crippen LogP contribution < -0.4 is 5.32 Å². The van der Waals surface area contributed by atoms with Gasteiger partial charge in [-0.3, -0.25) is 10.1 Å². The highest BCUT2D eigenvalue weighted by atomic mass is 16.2. The van der Waals surface area contributed by atoms with E-state index >= 15 is 0 Å². The summed E-state index contributed by atoms with van der Waals surface area (Å²) in [6.07, 6.45) is 4.51. The molecule has 2 fully saturated rings.